The predicted molar refractivity (Wildman–Crippen MR) is 74.7 cm³/mol. The topological polar surface area (TPSA) is 24.4 Å². The van der Waals surface area contributed by atoms with Crippen LogP contribution in [0.1, 0.15) is 6.42 Å². The Bertz CT molecular complexity index is 430. The molecule has 0 saturated carbocycles. The van der Waals surface area contributed by atoms with Gasteiger partial charge in [0.25, 0.3) is 0 Å². The number of amidine groups is 1. The van der Waals surface area contributed by atoms with Gasteiger partial charge in [-0.15, -0.1) is 12.4 Å². The minimum Gasteiger partial charge on any atom is -0.372 e. The highest BCUT2D eigenvalue weighted by molar-refractivity contribution is 5.85. The van der Waals surface area contributed by atoms with Gasteiger partial charge in [0.2, 0.25) is 0 Å². The first-order valence-corrected chi connectivity index (χ1v) is 5.94. The van der Waals surface area contributed by atoms with E-state index in [1.165, 1.54) is 11.4 Å². The van der Waals surface area contributed by atoms with Gasteiger partial charge in [0.1, 0.15) is 0 Å². The van der Waals surface area contributed by atoms with Gasteiger partial charge in [-0.1, -0.05) is 42.5 Å². The summed E-state index contributed by atoms with van der Waals surface area (Å²) in [5, 5.41) is 3.35. The summed E-state index contributed by atoms with van der Waals surface area (Å²) in [6, 6.07) is 0. The number of fused-ring (bicyclic) bond motifs is 1. The lowest BCUT2D eigenvalue weighted by Crippen LogP contribution is -2.25. The Hall–Kier alpha value is -1.28. The summed E-state index contributed by atoms with van der Waals surface area (Å²) in [5.41, 5.74) is 1.42. The van der Waals surface area contributed by atoms with E-state index in [1.54, 1.807) is 0 Å². The molecule has 3 rings (SSSR count). The zero-order valence-electron chi connectivity index (χ0n) is 9.67. The highest BCUT2D eigenvalue weighted by atomic mass is 35.5. The number of nitrogens with zero attached hydrogens (tertiary/aromatic N) is 1. The molecular weight excluding hydrogens is 232 g/mol. The van der Waals surface area contributed by atoms with Crippen molar-refractivity contribution in [1.82, 2.24) is 5.32 Å². The molecule has 3 aliphatic rings. The molecule has 1 aliphatic heterocycles. The van der Waals surface area contributed by atoms with Crippen LogP contribution in [0.3, 0.4) is 0 Å². The molecule has 0 bridgehead atoms. The first-order valence-electron chi connectivity index (χ1n) is 5.94. The van der Waals surface area contributed by atoms with E-state index in [9.17, 15) is 0 Å². The summed E-state index contributed by atoms with van der Waals surface area (Å²) in [4.78, 5) is 4.48. The van der Waals surface area contributed by atoms with Crippen molar-refractivity contribution in [3.05, 3.63) is 48.1 Å². The van der Waals surface area contributed by atoms with E-state index in [-0.39, 0.29) is 12.4 Å². The molecule has 0 radical (unpaired) electrons. The third-order valence-electron chi connectivity index (χ3n) is 3.38. The number of aliphatic imine (C=N–C) groups is 1. The van der Waals surface area contributed by atoms with E-state index in [0.717, 1.165) is 19.5 Å². The van der Waals surface area contributed by atoms with Gasteiger partial charge in [0.05, 0.1) is 12.4 Å². The minimum absolute atomic E-state index is 0. The number of hydrogen-bond acceptors (Lipinski definition) is 2. The lowest BCUT2D eigenvalue weighted by atomic mass is 9.78. The van der Waals surface area contributed by atoms with Crippen LogP contribution in [-0.2, 0) is 0 Å². The van der Waals surface area contributed by atoms with Gasteiger partial charge in [0.15, 0.2) is 0 Å². The standard InChI is InChI=1S/C14H16N2.ClH/c1-2-7-13-11(4-1)5-3-6-12(13)10-14-15-8-9-16-14;/h1-7,12-13H,8-10H2,(H,15,16);1H. The fourth-order valence-electron chi connectivity index (χ4n) is 2.56. The van der Waals surface area contributed by atoms with Gasteiger partial charge >= 0.3 is 0 Å². The third-order valence-corrected chi connectivity index (χ3v) is 3.38. The van der Waals surface area contributed by atoms with Crippen LogP contribution in [0.5, 0.6) is 0 Å². The number of halogens is 1. The van der Waals surface area contributed by atoms with Crippen molar-refractivity contribution in [3.63, 3.8) is 0 Å². The second kappa shape index (κ2) is 5.37. The second-order valence-electron chi connectivity index (χ2n) is 4.44. The molecule has 17 heavy (non-hydrogen) atoms. The van der Waals surface area contributed by atoms with E-state index in [1.807, 2.05) is 0 Å². The Morgan fingerprint density at radius 1 is 1.24 bits per heavy atom. The molecule has 1 heterocycles. The fraction of sp³-hybridized carbons (Fsp3) is 0.357. The minimum atomic E-state index is 0. The first-order chi connectivity index (χ1) is 7.93. The van der Waals surface area contributed by atoms with E-state index in [2.05, 4.69) is 52.8 Å². The molecule has 0 aromatic carbocycles. The molecule has 3 heteroatoms. The molecule has 90 valence electrons. The Morgan fingerprint density at radius 3 is 3.00 bits per heavy atom. The average molecular weight is 249 g/mol. The van der Waals surface area contributed by atoms with Gasteiger partial charge in [-0.05, 0) is 11.5 Å². The summed E-state index contributed by atoms with van der Waals surface area (Å²) >= 11 is 0. The predicted octanol–water partition coefficient (Wildman–Crippen LogP) is 2.65. The van der Waals surface area contributed by atoms with E-state index >= 15 is 0 Å². The zero-order valence-corrected chi connectivity index (χ0v) is 10.5. The van der Waals surface area contributed by atoms with Crippen LogP contribution in [0, 0.1) is 11.8 Å². The van der Waals surface area contributed by atoms with E-state index in [0.29, 0.717) is 11.8 Å². The number of allylic oxidation sites excluding steroid dienone is 8. The maximum absolute atomic E-state index is 4.48. The Balaban J connectivity index is 0.00000108. The molecule has 2 unspecified atom stereocenters. The van der Waals surface area contributed by atoms with Crippen LogP contribution < -0.4 is 5.32 Å². The van der Waals surface area contributed by atoms with Crippen LogP contribution in [0.15, 0.2) is 53.1 Å². The highest BCUT2D eigenvalue weighted by Gasteiger charge is 2.24. The molecule has 0 fully saturated rings. The quantitative estimate of drug-likeness (QED) is 0.798. The molecule has 0 spiro atoms. The summed E-state index contributed by atoms with van der Waals surface area (Å²) in [6.07, 6.45) is 16.5. The zero-order chi connectivity index (χ0) is 10.8. The van der Waals surface area contributed by atoms with Crippen molar-refractivity contribution in [2.75, 3.05) is 13.1 Å². The molecule has 2 nitrogen and oxygen atoms in total. The molecule has 1 N–H and O–H groups in total. The van der Waals surface area contributed by atoms with Gasteiger partial charge in [0, 0.05) is 18.9 Å². The molecule has 0 aromatic heterocycles. The largest absolute Gasteiger partial charge is 0.372 e. The molecule has 0 amide bonds. The summed E-state index contributed by atoms with van der Waals surface area (Å²) in [5.74, 6) is 2.28. The van der Waals surface area contributed by atoms with E-state index < -0.39 is 0 Å². The molecule has 2 aliphatic carbocycles. The molecule has 0 saturated heterocycles. The summed E-state index contributed by atoms with van der Waals surface area (Å²) in [7, 11) is 0. The number of nitrogens with one attached hydrogen (secondary N) is 1. The van der Waals surface area contributed by atoms with Crippen molar-refractivity contribution in [2.24, 2.45) is 16.8 Å². The van der Waals surface area contributed by atoms with Crippen LogP contribution in [0.2, 0.25) is 0 Å². The SMILES string of the molecule is C1=CC2=CC=CC(CC3=NCCN3)C2C=C1.Cl. The lowest BCUT2D eigenvalue weighted by Gasteiger charge is -2.27. The maximum Gasteiger partial charge on any atom is 0.0970 e. The fourth-order valence-corrected chi connectivity index (χ4v) is 2.56. The molecular formula is C14H17ClN2. The summed E-state index contributed by atoms with van der Waals surface area (Å²) < 4.78 is 0. The van der Waals surface area contributed by atoms with Gasteiger partial charge in [-0.3, -0.25) is 4.99 Å². The van der Waals surface area contributed by atoms with Crippen molar-refractivity contribution in [2.45, 2.75) is 6.42 Å². The molecule has 2 atom stereocenters. The number of rotatable bonds is 2. The Labute approximate surface area is 108 Å². The van der Waals surface area contributed by atoms with Crippen molar-refractivity contribution in [3.8, 4) is 0 Å². The van der Waals surface area contributed by atoms with Crippen molar-refractivity contribution < 1.29 is 0 Å². The summed E-state index contributed by atoms with van der Waals surface area (Å²) in [6.45, 7) is 1.95. The van der Waals surface area contributed by atoms with Crippen LogP contribution in [-0.4, -0.2) is 18.9 Å². The number of hydrogen-bond donors (Lipinski definition) is 1. The van der Waals surface area contributed by atoms with Crippen LogP contribution in [0.4, 0.5) is 0 Å². The van der Waals surface area contributed by atoms with Crippen molar-refractivity contribution >= 4 is 18.2 Å². The Kier molecular flexibility index (Phi) is 3.85. The van der Waals surface area contributed by atoms with Crippen LogP contribution in [0.25, 0.3) is 0 Å². The lowest BCUT2D eigenvalue weighted by molar-refractivity contribution is 0.548. The van der Waals surface area contributed by atoms with Gasteiger partial charge in [-0.25, -0.2) is 0 Å². The van der Waals surface area contributed by atoms with Gasteiger partial charge in [-0.2, -0.15) is 0 Å². The molecule has 0 aromatic rings. The third kappa shape index (κ3) is 2.52. The maximum atomic E-state index is 4.48. The smallest absolute Gasteiger partial charge is 0.0970 e. The Morgan fingerprint density at radius 2 is 2.18 bits per heavy atom. The monoisotopic (exact) mass is 248 g/mol. The van der Waals surface area contributed by atoms with Crippen molar-refractivity contribution in [1.29, 1.82) is 0 Å². The van der Waals surface area contributed by atoms with Crippen LogP contribution >= 0.6 is 12.4 Å². The first kappa shape index (κ1) is 12.2. The highest BCUT2D eigenvalue weighted by Crippen LogP contribution is 2.33. The average Bonchev–Trinajstić information content (AvgIpc) is 2.82. The normalized spacial score (nSPS) is 28.9. The van der Waals surface area contributed by atoms with E-state index in [4.69, 9.17) is 0 Å². The second-order valence-corrected chi connectivity index (χ2v) is 4.44. The van der Waals surface area contributed by atoms with Gasteiger partial charge < -0.3 is 5.32 Å².